The van der Waals surface area contributed by atoms with E-state index in [1.807, 2.05) is 24.3 Å². The Labute approximate surface area is 128 Å². The number of nitrogens with one attached hydrogen (secondary N) is 3. The normalized spacial score (nSPS) is 9.76. The Hall–Kier alpha value is -2.47. The van der Waals surface area contributed by atoms with E-state index in [2.05, 4.69) is 28.1 Å². The molecule has 0 saturated carbocycles. The molecule has 0 saturated heterocycles. The fraction of sp³-hybridized carbons (Fsp3) is 0.133. The van der Waals surface area contributed by atoms with Crippen molar-refractivity contribution < 1.29 is 4.79 Å². The van der Waals surface area contributed by atoms with Crippen LogP contribution in [0.3, 0.4) is 0 Å². The molecule has 3 N–H and O–H groups in total. The van der Waals surface area contributed by atoms with Crippen molar-refractivity contribution in [3.63, 3.8) is 0 Å². The number of thiocarbonyl (C=S) groups is 1. The van der Waals surface area contributed by atoms with Crippen LogP contribution >= 0.6 is 12.2 Å². The summed E-state index contributed by atoms with van der Waals surface area (Å²) < 4.78 is 0. The molecule has 1 heterocycles. The molecule has 2 aromatic rings. The Kier molecular flexibility index (Phi) is 5.22. The highest BCUT2D eigenvalue weighted by atomic mass is 32.1. The molecule has 0 aliphatic heterocycles. The lowest BCUT2D eigenvalue weighted by Gasteiger charge is -2.13. The van der Waals surface area contributed by atoms with Crippen LogP contribution in [0.1, 0.15) is 23.0 Å². The van der Waals surface area contributed by atoms with Crippen molar-refractivity contribution in [1.82, 2.24) is 15.8 Å². The standard InChI is InChI=1S/C15H16N4OS/c1-2-11-7-3-4-8-12(11)17-15(21)19-18-14(20)13-9-5-6-10-16-13/h3-10H,2H2,1H3,(H,18,20)(H2,17,19,21). The Morgan fingerprint density at radius 3 is 2.62 bits per heavy atom. The van der Waals surface area contributed by atoms with Crippen molar-refractivity contribution in [3.05, 3.63) is 59.9 Å². The van der Waals surface area contributed by atoms with Gasteiger partial charge in [0.1, 0.15) is 5.69 Å². The van der Waals surface area contributed by atoms with Gasteiger partial charge in [-0.15, -0.1) is 0 Å². The van der Waals surface area contributed by atoms with E-state index in [0.717, 1.165) is 17.7 Å². The molecule has 21 heavy (non-hydrogen) atoms. The molecule has 0 bridgehead atoms. The first kappa shape index (κ1) is 14.9. The Morgan fingerprint density at radius 2 is 1.90 bits per heavy atom. The molecule has 0 unspecified atom stereocenters. The molecule has 0 radical (unpaired) electrons. The van der Waals surface area contributed by atoms with Gasteiger partial charge >= 0.3 is 0 Å². The zero-order valence-electron chi connectivity index (χ0n) is 11.6. The van der Waals surface area contributed by atoms with Crippen molar-refractivity contribution in [2.75, 3.05) is 5.32 Å². The largest absolute Gasteiger partial charge is 0.331 e. The number of para-hydroxylation sites is 1. The van der Waals surface area contributed by atoms with Gasteiger partial charge in [-0.3, -0.25) is 20.6 Å². The first-order chi connectivity index (χ1) is 10.2. The molecule has 0 aliphatic carbocycles. The molecule has 0 fully saturated rings. The number of rotatable bonds is 3. The van der Waals surface area contributed by atoms with E-state index in [4.69, 9.17) is 12.2 Å². The van der Waals surface area contributed by atoms with E-state index < -0.39 is 0 Å². The average Bonchev–Trinajstić information content (AvgIpc) is 2.54. The number of carbonyl (C=O) groups is 1. The van der Waals surface area contributed by atoms with Gasteiger partial charge in [0.25, 0.3) is 5.91 Å². The summed E-state index contributed by atoms with van der Waals surface area (Å²) in [5.74, 6) is -0.344. The topological polar surface area (TPSA) is 66.0 Å². The van der Waals surface area contributed by atoms with E-state index in [9.17, 15) is 4.79 Å². The summed E-state index contributed by atoms with van der Waals surface area (Å²) in [5, 5.41) is 3.37. The number of anilines is 1. The van der Waals surface area contributed by atoms with E-state index >= 15 is 0 Å². The number of aryl methyl sites for hydroxylation is 1. The van der Waals surface area contributed by atoms with Crippen molar-refractivity contribution >= 4 is 28.9 Å². The van der Waals surface area contributed by atoms with Gasteiger partial charge in [0, 0.05) is 11.9 Å². The zero-order valence-corrected chi connectivity index (χ0v) is 12.4. The molecule has 1 aromatic carbocycles. The Bertz CT molecular complexity index is 631. The van der Waals surface area contributed by atoms with Crippen molar-refractivity contribution in [2.45, 2.75) is 13.3 Å². The molecule has 1 aromatic heterocycles. The fourth-order valence-corrected chi connectivity index (χ4v) is 1.94. The summed E-state index contributed by atoms with van der Waals surface area (Å²) in [5.41, 5.74) is 7.56. The Morgan fingerprint density at radius 1 is 1.14 bits per heavy atom. The third-order valence-electron chi connectivity index (χ3n) is 2.83. The number of hydrogen-bond donors (Lipinski definition) is 3. The van der Waals surface area contributed by atoms with E-state index in [0.29, 0.717) is 10.8 Å². The lowest BCUT2D eigenvalue weighted by molar-refractivity contribution is 0.0939. The molecule has 0 aliphatic rings. The number of pyridine rings is 1. The minimum Gasteiger partial charge on any atom is -0.331 e. The number of hydrogen-bond acceptors (Lipinski definition) is 3. The summed E-state index contributed by atoms with van der Waals surface area (Å²) in [6, 6.07) is 13.0. The van der Waals surface area contributed by atoms with Crippen LogP contribution in [0.5, 0.6) is 0 Å². The van der Waals surface area contributed by atoms with Gasteiger partial charge in [0.05, 0.1) is 0 Å². The maximum absolute atomic E-state index is 11.8. The summed E-state index contributed by atoms with van der Waals surface area (Å²) in [7, 11) is 0. The van der Waals surface area contributed by atoms with Gasteiger partial charge in [0.15, 0.2) is 5.11 Å². The second-order valence-corrected chi connectivity index (χ2v) is 4.67. The summed E-state index contributed by atoms with van der Waals surface area (Å²) in [6.45, 7) is 2.07. The predicted octanol–water partition coefficient (Wildman–Crippen LogP) is 2.28. The highest BCUT2D eigenvalue weighted by molar-refractivity contribution is 7.80. The third-order valence-corrected chi connectivity index (χ3v) is 3.04. The average molecular weight is 300 g/mol. The monoisotopic (exact) mass is 300 g/mol. The number of benzene rings is 1. The number of aromatic nitrogens is 1. The maximum Gasteiger partial charge on any atom is 0.288 e. The van der Waals surface area contributed by atoms with Crippen LogP contribution in [-0.2, 0) is 6.42 Å². The van der Waals surface area contributed by atoms with E-state index in [-0.39, 0.29) is 5.91 Å². The fourth-order valence-electron chi connectivity index (χ4n) is 1.78. The van der Waals surface area contributed by atoms with Gasteiger partial charge < -0.3 is 5.32 Å². The molecule has 2 rings (SSSR count). The summed E-state index contributed by atoms with van der Waals surface area (Å²) in [6.07, 6.45) is 2.45. The summed E-state index contributed by atoms with van der Waals surface area (Å²) >= 11 is 5.15. The lowest BCUT2D eigenvalue weighted by atomic mass is 10.1. The lowest BCUT2D eigenvalue weighted by Crippen LogP contribution is -2.44. The molecule has 0 spiro atoms. The van der Waals surface area contributed by atoms with Gasteiger partial charge in [-0.25, -0.2) is 0 Å². The first-order valence-electron chi connectivity index (χ1n) is 6.57. The van der Waals surface area contributed by atoms with Crippen LogP contribution in [0.25, 0.3) is 0 Å². The van der Waals surface area contributed by atoms with Gasteiger partial charge in [-0.1, -0.05) is 31.2 Å². The van der Waals surface area contributed by atoms with Crippen LogP contribution < -0.4 is 16.2 Å². The smallest absolute Gasteiger partial charge is 0.288 e. The molecule has 108 valence electrons. The second kappa shape index (κ2) is 7.35. The molecule has 6 heteroatoms. The van der Waals surface area contributed by atoms with Crippen LogP contribution in [0.2, 0.25) is 0 Å². The SMILES string of the molecule is CCc1ccccc1NC(=S)NNC(=O)c1ccccn1. The molecule has 0 atom stereocenters. The predicted molar refractivity (Wildman–Crippen MR) is 86.9 cm³/mol. The highest BCUT2D eigenvalue weighted by Gasteiger charge is 2.07. The number of nitrogens with zero attached hydrogens (tertiary/aromatic N) is 1. The minimum atomic E-state index is -0.344. The summed E-state index contributed by atoms with van der Waals surface area (Å²) in [4.78, 5) is 15.8. The van der Waals surface area contributed by atoms with E-state index in [1.165, 1.54) is 0 Å². The van der Waals surface area contributed by atoms with Crippen LogP contribution in [0.15, 0.2) is 48.7 Å². The number of amides is 1. The maximum atomic E-state index is 11.8. The molecular formula is C15H16N4OS. The van der Waals surface area contributed by atoms with Gasteiger partial charge in [0.2, 0.25) is 0 Å². The van der Waals surface area contributed by atoms with Crippen molar-refractivity contribution in [1.29, 1.82) is 0 Å². The Balaban J connectivity index is 1.89. The molecule has 5 nitrogen and oxygen atoms in total. The van der Waals surface area contributed by atoms with Crippen molar-refractivity contribution in [3.8, 4) is 0 Å². The van der Waals surface area contributed by atoms with Gasteiger partial charge in [-0.05, 0) is 42.4 Å². The quantitative estimate of drug-likeness (QED) is 0.599. The highest BCUT2D eigenvalue weighted by Crippen LogP contribution is 2.14. The zero-order chi connectivity index (χ0) is 15.1. The third kappa shape index (κ3) is 4.25. The first-order valence-corrected chi connectivity index (χ1v) is 6.97. The second-order valence-electron chi connectivity index (χ2n) is 4.26. The number of carbonyl (C=O) groups excluding carboxylic acids is 1. The molecule has 1 amide bonds. The van der Waals surface area contributed by atoms with Crippen LogP contribution in [0.4, 0.5) is 5.69 Å². The van der Waals surface area contributed by atoms with Crippen molar-refractivity contribution in [2.24, 2.45) is 0 Å². The van der Waals surface area contributed by atoms with E-state index in [1.54, 1.807) is 24.4 Å². The van der Waals surface area contributed by atoms with Gasteiger partial charge in [-0.2, -0.15) is 0 Å². The van der Waals surface area contributed by atoms with Crippen LogP contribution in [-0.4, -0.2) is 16.0 Å². The minimum absolute atomic E-state index is 0.320. The number of hydrazine groups is 1. The van der Waals surface area contributed by atoms with Crippen LogP contribution in [0, 0.1) is 0 Å². The molecular weight excluding hydrogens is 284 g/mol.